The van der Waals surface area contributed by atoms with Gasteiger partial charge in [0.15, 0.2) is 11.5 Å². The Morgan fingerprint density at radius 1 is 0.902 bits per heavy atom. The minimum Gasteiger partial charge on any atom is -0.487 e. The van der Waals surface area contributed by atoms with E-state index in [4.69, 9.17) is 14.2 Å². The van der Waals surface area contributed by atoms with Crippen molar-refractivity contribution in [2.75, 3.05) is 24.3 Å². The Morgan fingerprint density at radius 2 is 1.63 bits per heavy atom. The van der Waals surface area contributed by atoms with Gasteiger partial charge in [-0.05, 0) is 65.1 Å². The third-order valence-electron chi connectivity index (χ3n) is 6.63. The molecule has 0 aliphatic carbocycles. The first-order valence-corrected chi connectivity index (χ1v) is 15.0. The Bertz CT molecular complexity index is 1580. The third kappa shape index (κ3) is 7.75. The first kappa shape index (κ1) is 28.4. The molecule has 0 bridgehead atoms. The molecule has 214 valence electrons. The maximum atomic E-state index is 13.5. The van der Waals surface area contributed by atoms with Crippen LogP contribution in [0.1, 0.15) is 34.4 Å². The summed E-state index contributed by atoms with van der Waals surface area (Å²) in [6.45, 7) is 0.564. The molecule has 41 heavy (non-hydrogen) atoms. The van der Waals surface area contributed by atoms with Gasteiger partial charge in [-0.2, -0.15) is 0 Å². The molecule has 4 aromatic carbocycles. The molecule has 0 unspecified atom stereocenters. The molecule has 1 heterocycles. The van der Waals surface area contributed by atoms with E-state index >= 15 is 0 Å². The number of aliphatic hydroxyl groups is 1. The summed E-state index contributed by atoms with van der Waals surface area (Å²) in [4.78, 5) is 0. The van der Waals surface area contributed by atoms with Crippen molar-refractivity contribution in [3.8, 4) is 17.2 Å². The Hall–Kier alpha value is -4.12. The molecule has 5 rings (SSSR count). The summed E-state index contributed by atoms with van der Waals surface area (Å²) in [7, 11) is -3.61. The predicted molar refractivity (Wildman–Crippen MR) is 154 cm³/mol. The number of anilines is 1. The normalized spacial score (nSPS) is 13.9. The standard InChI is InChI=1S/C31H31FN2O6S/c1-41(36,37)34-27-16-24(10-13-29(27)38-19-22-5-3-2-4-6-22)28(35)18-33-26(15-21-7-11-25(32)12-8-21)23-9-14-30-31(17-23)40-20-39-30/h2-14,16-17,26,28,33-35H,15,18-20H2,1H3/t26-,28+/m1/s1. The van der Waals surface area contributed by atoms with Gasteiger partial charge in [-0.1, -0.05) is 54.6 Å². The van der Waals surface area contributed by atoms with E-state index in [-0.39, 0.29) is 37.5 Å². The van der Waals surface area contributed by atoms with Crippen molar-refractivity contribution in [1.82, 2.24) is 5.32 Å². The van der Waals surface area contributed by atoms with Gasteiger partial charge in [-0.15, -0.1) is 0 Å². The predicted octanol–water partition coefficient (Wildman–Crippen LogP) is 5.11. The van der Waals surface area contributed by atoms with Crippen LogP contribution in [-0.4, -0.2) is 33.1 Å². The van der Waals surface area contributed by atoms with E-state index in [1.807, 2.05) is 48.5 Å². The van der Waals surface area contributed by atoms with Crippen LogP contribution in [-0.2, 0) is 23.1 Å². The summed E-state index contributed by atoms with van der Waals surface area (Å²) in [5.74, 6) is 1.33. The fourth-order valence-corrected chi connectivity index (χ4v) is 5.12. The first-order valence-electron chi connectivity index (χ1n) is 13.1. The molecule has 10 heteroatoms. The van der Waals surface area contributed by atoms with Crippen molar-refractivity contribution >= 4 is 15.7 Å². The lowest BCUT2D eigenvalue weighted by molar-refractivity contribution is 0.169. The molecule has 4 aromatic rings. The number of halogens is 1. The average Bonchev–Trinajstić information content (AvgIpc) is 3.43. The number of benzene rings is 4. The fourth-order valence-electron chi connectivity index (χ4n) is 4.56. The summed E-state index contributed by atoms with van der Waals surface area (Å²) in [5.41, 5.74) is 3.49. The topological polar surface area (TPSA) is 106 Å². The molecule has 1 aliphatic heterocycles. The van der Waals surface area contributed by atoms with Crippen LogP contribution in [0.3, 0.4) is 0 Å². The summed E-state index contributed by atoms with van der Waals surface area (Å²) in [6.07, 6.45) is 0.618. The van der Waals surface area contributed by atoms with Crippen molar-refractivity contribution in [2.24, 2.45) is 0 Å². The zero-order chi connectivity index (χ0) is 28.8. The van der Waals surface area contributed by atoms with E-state index in [9.17, 15) is 17.9 Å². The monoisotopic (exact) mass is 578 g/mol. The van der Waals surface area contributed by atoms with Gasteiger partial charge in [0.2, 0.25) is 16.8 Å². The molecular formula is C31H31FN2O6S. The lowest BCUT2D eigenvalue weighted by Crippen LogP contribution is -2.28. The SMILES string of the molecule is CS(=O)(=O)Nc1cc([C@@H](O)CN[C@H](Cc2ccc(F)cc2)c2ccc3c(c2)OCO3)ccc1OCc1ccccc1. The lowest BCUT2D eigenvalue weighted by Gasteiger charge is -2.23. The van der Waals surface area contributed by atoms with E-state index in [2.05, 4.69) is 10.0 Å². The molecule has 0 fully saturated rings. The van der Waals surface area contributed by atoms with E-state index in [0.29, 0.717) is 29.2 Å². The zero-order valence-corrected chi connectivity index (χ0v) is 23.2. The molecule has 0 radical (unpaired) electrons. The summed E-state index contributed by atoms with van der Waals surface area (Å²) in [6, 6.07) is 26.1. The average molecular weight is 579 g/mol. The van der Waals surface area contributed by atoms with Crippen LogP contribution in [0.15, 0.2) is 91.0 Å². The summed E-state index contributed by atoms with van der Waals surface area (Å²) < 4.78 is 57.0. The molecule has 0 saturated heterocycles. The van der Waals surface area contributed by atoms with Crippen molar-refractivity contribution in [2.45, 2.75) is 25.2 Å². The molecule has 2 atom stereocenters. The number of hydrogen-bond acceptors (Lipinski definition) is 7. The largest absolute Gasteiger partial charge is 0.487 e. The highest BCUT2D eigenvalue weighted by Gasteiger charge is 2.21. The Balaban J connectivity index is 1.33. The summed E-state index contributed by atoms with van der Waals surface area (Å²) >= 11 is 0. The second-order valence-electron chi connectivity index (χ2n) is 9.82. The minimum atomic E-state index is -3.61. The number of sulfonamides is 1. The van der Waals surface area contributed by atoms with E-state index in [1.54, 1.807) is 30.3 Å². The van der Waals surface area contributed by atoms with Gasteiger partial charge in [0.25, 0.3) is 0 Å². The van der Waals surface area contributed by atoms with E-state index < -0.39 is 16.1 Å². The number of aliphatic hydroxyl groups excluding tert-OH is 1. The Labute approximate surface area is 238 Å². The van der Waals surface area contributed by atoms with E-state index in [1.165, 1.54) is 12.1 Å². The van der Waals surface area contributed by atoms with Gasteiger partial charge in [0, 0.05) is 12.6 Å². The lowest BCUT2D eigenvalue weighted by atomic mass is 9.97. The number of ether oxygens (including phenoxy) is 3. The van der Waals surface area contributed by atoms with Crippen molar-refractivity contribution in [1.29, 1.82) is 0 Å². The van der Waals surface area contributed by atoms with Crippen LogP contribution in [0.5, 0.6) is 17.2 Å². The first-order chi connectivity index (χ1) is 19.7. The molecule has 0 spiro atoms. The molecule has 1 aliphatic rings. The van der Waals surface area contributed by atoms with Crippen molar-refractivity contribution in [3.05, 3.63) is 119 Å². The molecule has 3 N–H and O–H groups in total. The smallest absolute Gasteiger partial charge is 0.231 e. The second-order valence-corrected chi connectivity index (χ2v) is 11.6. The van der Waals surface area contributed by atoms with Gasteiger partial charge in [0.05, 0.1) is 18.0 Å². The maximum Gasteiger partial charge on any atom is 0.231 e. The Kier molecular flexibility index (Phi) is 8.72. The summed E-state index contributed by atoms with van der Waals surface area (Å²) in [5, 5.41) is 14.5. The fraction of sp³-hybridized carbons (Fsp3) is 0.226. The van der Waals surface area contributed by atoms with Crippen molar-refractivity contribution < 1.29 is 32.1 Å². The van der Waals surface area contributed by atoms with Gasteiger partial charge < -0.3 is 24.6 Å². The van der Waals surface area contributed by atoms with Crippen LogP contribution < -0.4 is 24.2 Å². The van der Waals surface area contributed by atoms with Gasteiger partial charge >= 0.3 is 0 Å². The molecule has 8 nitrogen and oxygen atoms in total. The van der Waals surface area contributed by atoms with Gasteiger partial charge in [0.1, 0.15) is 18.2 Å². The zero-order valence-electron chi connectivity index (χ0n) is 22.4. The highest BCUT2D eigenvalue weighted by Crippen LogP contribution is 2.35. The number of hydrogen-bond donors (Lipinski definition) is 3. The van der Waals surface area contributed by atoms with Crippen molar-refractivity contribution in [3.63, 3.8) is 0 Å². The molecule has 0 saturated carbocycles. The van der Waals surface area contributed by atoms with Crippen LogP contribution in [0, 0.1) is 5.82 Å². The third-order valence-corrected chi connectivity index (χ3v) is 7.22. The highest BCUT2D eigenvalue weighted by atomic mass is 32.2. The second kappa shape index (κ2) is 12.6. The quantitative estimate of drug-likeness (QED) is 0.215. The van der Waals surface area contributed by atoms with E-state index in [0.717, 1.165) is 22.9 Å². The van der Waals surface area contributed by atoms with Crippen LogP contribution in [0.25, 0.3) is 0 Å². The highest BCUT2D eigenvalue weighted by molar-refractivity contribution is 7.92. The van der Waals surface area contributed by atoms with Gasteiger partial charge in [-0.3, -0.25) is 4.72 Å². The van der Waals surface area contributed by atoms with Crippen LogP contribution >= 0.6 is 0 Å². The number of nitrogens with one attached hydrogen (secondary N) is 2. The van der Waals surface area contributed by atoms with Crippen LogP contribution in [0.4, 0.5) is 10.1 Å². The molecule has 0 aromatic heterocycles. The molecule has 0 amide bonds. The number of fused-ring (bicyclic) bond motifs is 1. The maximum absolute atomic E-state index is 13.5. The Morgan fingerprint density at radius 3 is 2.39 bits per heavy atom. The number of rotatable bonds is 12. The van der Waals surface area contributed by atoms with Gasteiger partial charge in [-0.25, -0.2) is 12.8 Å². The minimum absolute atomic E-state index is 0.155. The van der Waals surface area contributed by atoms with Crippen LogP contribution in [0.2, 0.25) is 0 Å². The molecular weight excluding hydrogens is 547 g/mol.